The normalized spacial score (nSPS) is 13.7. The van der Waals surface area contributed by atoms with Crippen molar-refractivity contribution in [3.63, 3.8) is 0 Å². The van der Waals surface area contributed by atoms with Gasteiger partial charge in [-0.05, 0) is 37.6 Å². The summed E-state index contributed by atoms with van der Waals surface area (Å²) in [6, 6.07) is 4.14. The van der Waals surface area contributed by atoms with E-state index in [9.17, 15) is 17.6 Å². The fourth-order valence-corrected chi connectivity index (χ4v) is 1.62. The number of halogens is 5. The average Bonchev–Trinajstić information content (AvgIpc) is 2.26. The molecule has 1 unspecified atom stereocenters. The van der Waals surface area contributed by atoms with Gasteiger partial charge in [0.2, 0.25) is 0 Å². The lowest BCUT2D eigenvalue weighted by molar-refractivity contribution is -0.135. The predicted octanol–water partition coefficient (Wildman–Crippen LogP) is 4.47. The molecule has 0 saturated carbocycles. The highest BCUT2D eigenvalue weighted by molar-refractivity contribution is 6.30. The number of hydrogen-bond acceptors (Lipinski definition) is 1. The minimum Gasteiger partial charge on any atom is -0.310 e. The van der Waals surface area contributed by atoms with Gasteiger partial charge in [0, 0.05) is 12.5 Å². The third kappa shape index (κ3) is 5.23. The van der Waals surface area contributed by atoms with Crippen LogP contribution >= 0.6 is 11.6 Å². The smallest absolute Gasteiger partial charge is 0.310 e. The molecular formula is C12H14ClF4N. The minimum absolute atomic E-state index is 0.00388. The van der Waals surface area contributed by atoms with Crippen LogP contribution in [-0.2, 0) is 0 Å². The second-order valence-corrected chi connectivity index (χ2v) is 4.48. The zero-order valence-corrected chi connectivity index (χ0v) is 10.6. The third-order valence-electron chi connectivity index (χ3n) is 2.53. The van der Waals surface area contributed by atoms with Gasteiger partial charge in [0.05, 0.1) is 5.02 Å². The monoisotopic (exact) mass is 283 g/mol. The number of nitrogens with one attached hydrogen (secondary N) is 1. The molecule has 0 spiro atoms. The molecule has 0 heterocycles. The SMILES string of the molecule is CC(NCCCC(F)(F)F)c1ccc(Cl)c(F)c1. The first-order valence-corrected chi connectivity index (χ1v) is 5.92. The van der Waals surface area contributed by atoms with Gasteiger partial charge < -0.3 is 5.32 Å². The van der Waals surface area contributed by atoms with Crippen molar-refractivity contribution in [2.24, 2.45) is 0 Å². The minimum atomic E-state index is -4.13. The molecule has 0 saturated heterocycles. The lowest BCUT2D eigenvalue weighted by Gasteiger charge is -2.15. The van der Waals surface area contributed by atoms with Crippen molar-refractivity contribution in [1.29, 1.82) is 0 Å². The van der Waals surface area contributed by atoms with Gasteiger partial charge in [0.1, 0.15) is 5.82 Å². The van der Waals surface area contributed by atoms with Crippen LogP contribution < -0.4 is 5.32 Å². The highest BCUT2D eigenvalue weighted by Crippen LogP contribution is 2.22. The maximum absolute atomic E-state index is 13.2. The second-order valence-electron chi connectivity index (χ2n) is 4.07. The lowest BCUT2D eigenvalue weighted by atomic mass is 10.1. The van der Waals surface area contributed by atoms with E-state index in [0.717, 1.165) is 0 Å². The first-order chi connectivity index (χ1) is 8.29. The van der Waals surface area contributed by atoms with E-state index in [2.05, 4.69) is 5.32 Å². The van der Waals surface area contributed by atoms with Crippen molar-refractivity contribution in [2.45, 2.75) is 32.0 Å². The van der Waals surface area contributed by atoms with Crippen molar-refractivity contribution >= 4 is 11.6 Å². The Bertz CT molecular complexity index is 392. The van der Waals surface area contributed by atoms with E-state index in [1.165, 1.54) is 12.1 Å². The topological polar surface area (TPSA) is 12.0 Å². The molecule has 0 radical (unpaired) electrons. The van der Waals surface area contributed by atoms with E-state index < -0.39 is 18.4 Å². The molecule has 1 N–H and O–H groups in total. The summed E-state index contributed by atoms with van der Waals surface area (Å²) in [5.41, 5.74) is 0.656. The second kappa shape index (κ2) is 6.38. The molecule has 1 nitrogen and oxygen atoms in total. The molecule has 0 aliphatic carbocycles. The number of hydrogen-bond donors (Lipinski definition) is 1. The van der Waals surface area contributed by atoms with E-state index in [1.54, 1.807) is 13.0 Å². The quantitative estimate of drug-likeness (QED) is 0.621. The maximum atomic E-state index is 13.2. The van der Waals surface area contributed by atoms with Gasteiger partial charge in [-0.3, -0.25) is 0 Å². The molecule has 0 fully saturated rings. The summed E-state index contributed by atoms with van der Waals surface area (Å²) in [7, 11) is 0. The molecule has 0 bridgehead atoms. The summed E-state index contributed by atoms with van der Waals surface area (Å²) in [5, 5.41) is 2.94. The summed E-state index contributed by atoms with van der Waals surface area (Å²) in [4.78, 5) is 0. The van der Waals surface area contributed by atoms with Gasteiger partial charge in [-0.25, -0.2) is 4.39 Å². The lowest BCUT2D eigenvalue weighted by Crippen LogP contribution is -2.21. The molecule has 1 atom stereocenters. The first kappa shape index (κ1) is 15.2. The molecule has 0 aromatic heterocycles. The largest absolute Gasteiger partial charge is 0.389 e. The number of benzene rings is 1. The van der Waals surface area contributed by atoms with Crippen molar-refractivity contribution in [2.75, 3.05) is 6.54 Å². The Kier molecular flexibility index (Phi) is 5.41. The average molecular weight is 284 g/mol. The predicted molar refractivity (Wildman–Crippen MR) is 63.1 cm³/mol. The Morgan fingerprint density at radius 2 is 2.00 bits per heavy atom. The molecule has 0 amide bonds. The Labute approximate surface area is 108 Å². The van der Waals surface area contributed by atoms with E-state index >= 15 is 0 Å². The van der Waals surface area contributed by atoms with E-state index in [4.69, 9.17) is 11.6 Å². The highest BCUT2D eigenvalue weighted by Gasteiger charge is 2.25. The van der Waals surface area contributed by atoms with Crippen LogP contribution in [-0.4, -0.2) is 12.7 Å². The van der Waals surface area contributed by atoms with Crippen LogP contribution in [0.25, 0.3) is 0 Å². The van der Waals surface area contributed by atoms with Gasteiger partial charge in [0.25, 0.3) is 0 Å². The third-order valence-corrected chi connectivity index (χ3v) is 2.84. The maximum Gasteiger partial charge on any atom is 0.389 e. The standard InChI is InChI=1S/C12H14ClF4N/c1-8(18-6-2-5-12(15,16)17)9-3-4-10(13)11(14)7-9/h3-4,7-8,18H,2,5-6H2,1H3. The zero-order chi connectivity index (χ0) is 13.8. The van der Waals surface area contributed by atoms with Gasteiger partial charge >= 0.3 is 6.18 Å². The van der Waals surface area contributed by atoms with Crippen molar-refractivity contribution in [3.8, 4) is 0 Å². The summed E-state index contributed by atoms with van der Waals surface area (Å²) >= 11 is 5.54. The molecule has 6 heteroatoms. The first-order valence-electron chi connectivity index (χ1n) is 5.54. The van der Waals surface area contributed by atoms with Crippen LogP contribution in [0, 0.1) is 5.82 Å². The van der Waals surface area contributed by atoms with Crippen molar-refractivity contribution in [3.05, 3.63) is 34.6 Å². The van der Waals surface area contributed by atoms with Crippen molar-refractivity contribution in [1.82, 2.24) is 5.32 Å². The summed E-state index contributed by atoms with van der Waals surface area (Å²) in [6.07, 6.45) is -4.94. The van der Waals surface area contributed by atoms with Crippen LogP contribution in [0.3, 0.4) is 0 Å². The Balaban J connectivity index is 2.41. The molecule has 102 valence electrons. The fraction of sp³-hybridized carbons (Fsp3) is 0.500. The van der Waals surface area contributed by atoms with Gasteiger partial charge in [-0.1, -0.05) is 17.7 Å². The van der Waals surface area contributed by atoms with Crippen LogP contribution in [0.15, 0.2) is 18.2 Å². The van der Waals surface area contributed by atoms with Crippen LogP contribution in [0.5, 0.6) is 0 Å². The van der Waals surface area contributed by atoms with Crippen LogP contribution in [0.4, 0.5) is 17.6 Å². The molecule has 1 aromatic rings. The Morgan fingerprint density at radius 1 is 1.33 bits per heavy atom. The van der Waals surface area contributed by atoms with Crippen molar-refractivity contribution < 1.29 is 17.6 Å². The number of alkyl halides is 3. The summed E-state index contributed by atoms with van der Waals surface area (Å²) in [6.45, 7) is 1.99. The van der Waals surface area contributed by atoms with E-state index in [1.807, 2.05) is 0 Å². The summed E-state index contributed by atoms with van der Waals surface area (Å²) < 4.78 is 48.9. The molecular weight excluding hydrogens is 270 g/mol. The van der Waals surface area contributed by atoms with Gasteiger partial charge in [-0.15, -0.1) is 0 Å². The van der Waals surface area contributed by atoms with Gasteiger partial charge in [-0.2, -0.15) is 13.2 Å². The van der Waals surface area contributed by atoms with Crippen LogP contribution in [0.2, 0.25) is 5.02 Å². The fourth-order valence-electron chi connectivity index (χ4n) is 1.51. The molecule has 0 aliphatic rings. The molecule has 18 heavy (non-hydrogen) atoms. The Hall–Kier alpha value is -0.810. The highest BCUT2D eigenvalue weighted by atomic mass is 35.5. The van der Waals surface area contributed by atoms with E-state index in [-0.39, 0.29) is 24.0 Å². The zero-order valence-electron chi connectivity index (χ0n) is 9.82. The summed E-state index contributed by atoms with van der Waals surface area (Å²) in [5.74, 6) is -0.530. The van der Waals surface area contributed by atoms with E-state index in [0.29, 0.717) is 5.56 Å². The van der Waals surface area contributed by atoms with Gasteiger partial charge in [0.15, 0.2) is 0 Å². The van der Waals surface area contributed by atoms with Crippen LogP contribution in [0.1, 0.15) is 31.4 Å². The molecule has 0 aliphatic heterocycles. The number of rotatable bonds is 5. The molecule has 1 aromatic carbocycles. The Morgan fingerprint density at radius 3 is 2.56 bits per heavy atom. The molecule has 1 rings (SSSR count).